The van der Waals surface area contributed by atoms with Crippen LogP contribution >= 0.6 is 23.2 Å². The van der Waals surface area contributed by atoms with Gasteiger partial charge in [0.25, 0.3) is 0 Å². The van der Waals surface area contributed by atoms with Crippen molar-refractivity contribution >= 4 is 34.4 Å². The highest BCUT2D eigenvalue weighted by Crippen LogP contribution is 2.19. The summed E-state index contributed by atoms with van der Waals surface area (Å²) >= 11 is 12.0. The Hall–Kier alpha value is -0.840. The summed E-state index contributed by atoms with van der Waals surface area (Å²) in [5.41, 5.74) is 1.71. The molecule has 2 aromatic rings. The molecule has 1 fully saturated rings. The van der Waals surface area contributed by atoms with E-state index in [0.717, 1.165) is 36.5 Å². The summed E-state index contributed by atoms with van der Waals surface area (Å²) < 4.78 is 2.12. The first kappa shape index (κ1) is 14.1. The Labute approximate surface area is 128 Å². The van der Waals surface area contributed by atoms with Gasteiger partial charge in [0.05, 0.1) is 10.9 Å². The molecule has 1 saturated heterocycles. The minimum Gasteiger partial charge on any atom is -0.312 e. The van der Waals surface area contributed by atoms with Crippen LogP contribution in [0.2, 0.25) is 5.02 Å². The maximum atomic E-state index is 5.99. The first-order valence-corrected chi connectivity index (χ1v) is 7.98. The van der Waals surface area contributed by atoms with Crippen LogP contribution in [0.25, 0.3) is 11.2 Å². The Kier molecular flexibility index (Phi) is 4.44. The molecule has 0 bridgehead atoms. The van der Waals surface area contributed by atoms with Crippen molar-refractivity contribution in [3.8, 4) is 0 Å². The molecular weight excluding hydrogens is 295 g/mol. The van der Waals surface area contributed by atoms with Crippen LogP contribution in [-0.4, -0.2) is 39.1 Å². The van der Waals surface area contributed by atoms with Gasteiger partial charge in [-0.15, -0.1) is 11.6 Å². The Balaban J connectivity index is 1.75. The molecule has 4 nitrogen and oxygen atoms in total. The molecule has 3 heterocycles. The molecule has 0 aliphatic carbocycles. The fourth-order valence-electron chi connectivity index (χ4n) is 2.83. The molecule has 0 amide bonds. The summed E-state index contributed by atoms with van der Waals surface area (Å²) in [6.45, 7) is 4.51. The average molecular weight is 313 g/mol. The summed E-state index contributed by atoms with van der Waals surface area (Å²) in [4.78, 5) is 11.4. The van der Waals surface area contributed by atoms with Gasteiger partial charge in [0.15, 0.2) is 5.65 Å². The highest BCUT2D eigenvalue weighted by Gasteiger charge is 2.14. The number of halogens is 2. The molecule has 0 saturated carbocycles. The van der Waals surface area contributed by atoms with E-state index in [-0.39, 0.29) is 0 Å². The Bertz CT molecular complexity index is 590. The molecule has 2 aromatic heterocycles. The normalized spacial score (nSPS) is 16.3. The van der Waals surface area contributed by atoms with E-state index in [1.54, 1.807) is 6.20 Å². The topological polar surface area (TPSA) is 34.0 Å². The number of aromatic nitrogens is 3. The molecule has 1 aliphatic rings. The van der Waals surface area contributed by atoms with E-state index >= 15 is 0 Å². The number of hydrogen-bond acceptors (Lipinski definition) is 3. The van der Waals surface area contributed by atoms with Crippen molar-refractivity contribution in [2.75, 3.05) is 19.6 Å². The van der Waals surface area contributed by atoms with Crippen molar-refractivity contribution < 1.29 is 0 Å². The molecule has 0 unspecified atom stereocenters. The second kappa shape index (κ2) is 6.29. The van der Waals surface area contributed by atoms with Crippen molar-refractivity contribution in [2.45, 2.75) is 31.7 Å². The number of alkyl halides is 1. The van der Waals surface area contributed by atoms with E-state index in [1.165, 1.54) is 25.9 Å². The van der Waals surface area contributed by atoms with Gasteiger partial charge in [-0.2, -0.15) is 0 Å². The van der Waals surface area contributed by atoms with Crippen LogP contribution in [-0.2, 0) is 12.4 Å². The summed E-state index contributed by atoms with van der Waals surface area (Å²) in [5.74, 6) is 1.27. The number of pyridine rings is 1. The Morgan fingerprint density at radius 2 is 2.00 bits per heavy atom. The monoisotopic (exact) mass is 312 g/mol. The van der Waals surface area contributed by atoms with E-state index in [1.807, 2.05) is 6.07 Å². The van der Waals surface area contributed by atoms with Gasteiger partial charge in [0.1, 0.15) is 11.3 Å². The van der Waals surface area contributed by atoms with Crippen molar-refractivity contribution in [3.05, 3.63) is 23.1 Å². The van der Waals surface area contributed by atoms with E-state index in [0.29, 0.717) is 10.9 Å². The Morgan fingerprint density at radius 1 is 1.20 bits per heavy atom. The summed E-state index contributed by atoms with van der Waals surface area (Å²) in [6, 6.07) is 1.84. The first-order chi connectivity index (χ1) is 9.78. The van der Waals surface area contributed by atoms with E-state index in [9.17, 15) is 0 Å². The molecule has 0 spiro atoms. The van der Waals surface area contributed by atoms with E-state index in [4.69, 9.17) is 23.2 Å². The van der Waals surface area contributed by atoms with Crippen molar-refractivity contribution in [1.82, 2.24) is 19.4 Å². The summed E-state index contributed by atoms with van der Waals surface area (Å²) in [6.07, 6.45) is 5.43. The minimum absolute atomic E-state index is 0.400. The zero-order valence-corrected chi connectivity index (χ0v) is 12.9. The number of nitrogens with zero attached hydrogens (tertiary/aromatic N) is 4. The standard InChI is InChI=1S/C14H18Cl2N4/c15-9-13-18-12-8-11(16)10-17-14(12)20(13)7-3-6-19-4-1-2-5-19/h8,10H,1-7,9H2. The number of fused-ring (bicyclic) bond motifs is 1. The van der Waals surface area contributed by atoms with Crippen LogP contribution in [0.4, 0.5) is 0 Å². The van der Waals surface area contributed by atoms with Gasteiger partial charge in [-0.05, 0) is 45.0 Å². The van der Waals surface area contributed by atoms with Crippen molar-refractivity contribution in [1.29, 1.82) is 0 Å². The number of hydrogen-bond donors (Lipinski definition) is 0. The van der Waals surface area contributed by atoms with Gasteiger partial charge in [-0.3, -0.25) is 0 Å². The lowest BCUT2D eigenvalue weighted by atomic mass is 10.3. The van der Waals surface area contributed by atoms with Crippen molar-refractivity contribution in [3.63, 3.8) is 0 Å². The predicted octanol–water partition coefficient (Wildman–Crippen LogP) is 3.31. The molecule has 0 atom stereocenters. The predicted molar refractivity (Wildman–Crippen MR) is 82.4 cm³/mol. The third-order valence-corrected chi connectivity index (χ3v) is 4.25. The third kappa shape index (κ3) is 2.92. The maximum Gasteiger partial charge on any atom is 0.160 e. The summed E-state index contributed by atoms with van der Waals surface area (Å²) in [5, 5.41) is 0.611. The second-order valence-corrected chi connectivity index (χ2v) is 5.92. The largest absolute Gasteiger partial charge is 0.312 e. The summed E-state index contributed by atoms with van der Waals surface area (Å²) in [7, 11) is 0. The number of imidazole rings is 1. The zero-order chi connectivity index (χ0) is 13.9. The van der Waals surface area contributed by atoms with Gasteiger partial charge < -0.3 is 9.47 Å². The SMILES string of the molecule is ClCc1nc2cc(Cl)cnc2n1CCCN1CCCC1. The molecule has 20 heavy (non-hydrogen) atoms. The molecule has 0 N–H and O–H groups in total. The fourth-order valence-corrected chi connectivity index (χ4v) is 3.19. The minimum atomic E-state index is 0.400. The molecule has 0 aromatic carbocycles. The van der Waals surface area contributed by atoms with Gasteiger partial charge in [0, 0.05) is 12.7 Å². The van der Waals surface area contributed by atoms with Crippen LogP contribution < -0.4 is 0 Å². The zero-order valence-electron chi connectivity index (χ0n) is 11.4. The van der Waals surface area contributed by atoms with Crippen LogP contribution in [0.1, 0.15) is 25.1 Å². The molecule has 1 aliphatic heterocycles. The highest BCUT2D eigenvalue weighted by molar-refractivity contribution is 6.31. The van der Waals surface area contributed by atoms with Gasteiger partial charge in [-0.25, -0.2) is 9.97 Å². The lowest BCUT2D eigenvalue weighted by molar-refractivity contribution is 0.325. The van der Waals surface area contributed by atoms with Gasteiger partial charge in [0.2, 0.25) is 0 Å². The van der Waals surface area contributed by atoms with Crippen LogP contribution in [0.15, 0.2) is 12.3 Å². The van der Waals surface area contributed by atoms with E-state index < -0.39 is 0 Å². The van der Waals surface area contributed by atoms with Crippen LogP contribution in [0.5, 0.6) is 0 Å². The highest BCUT2D eigenvalue weighted by atomic mass is 35.5. The number of rotatable bonds is 5. The fraction of sp³-hybridized carbons (Fsp3) is 0.571. The number of likely N-dealkylation sites (tertiary alicyclic amines) is 1. The smallest absolute Gasteiger partial charge is 0.160 e. The lowest BCUT2D eigenvalue weighted by Crippen LogP contribution is -2.21. The molecule has 108 valence electrons. The van der Waals surface area contributed by atoms with Gasteiger partial charge >= 0.3 is 0 Å². The molecule has 3 rings (SSSR count). The third-order valence-electron chi connectivity index (χ3n) is 3.80. The second-order valence-electron chi connectivity index (χ2n) is 5.21. The quantitative estimate of drug-likeness (QED) is 0.794. The average Bonchev–Trinajstić information content (AvgIpc) is 3.06. The van der Waals surface area contributed by atoms with Crippen LogP contribution in [0, 0.1) is 0 Å². The molecular formula is C14H18Cl2N4. The first-order valence-electron chi connectivity index (χ1n) is 7.07. The van der Waals surface area contributed by atoms with Gasteiger partial charge in [-0.1, -0.05) is 11.6 Å². The molecule has 6 heteroatoms. The van der Waals surface area contributed by atoms with Crippen molar-refractivity contribution in [2.24, 2.45) is 0 Å². The Morgan fingerprint density at radius 3 is 2.75 bits per heavy atom. The maximum absolute atomic E-state index is 5.99. The van der Waals surface area contributed by atoms with E-state index in [2.05, 4.69) is 19.4 Å². The van der Waals surface area contributed by atoms with Crippen LogP contribution in [0.3, 0.4) is 0 Å². The lowest BCUT2D eigenvalue weighted by Gasteiger charge is -2.15. The number of aryl methyl sites for hydroxylation is 1. The molecule has 0 radical (unpaired) electrons.